The van der Waals surface area contributed by atoms with Gasteiger partial charge in [-0.05, 0) is 31.5 Å². The van der Waals surface area contributed by atoms with Crippen molar-refractivity contribution >= 4 is 11.8 Å². The third kappa shape index (κ3) is 4.03. The molecule has 2 rings (SSSR count). The molecule has 0 aliphatic carbocycles. The number of thioether (sulfide) groups is 1. The monoisotopic (exact) mass is 373 g/mol. The van der Waals surface area contributed by atoms with Crippen LogP contribution in [0.5, 0.6) is 0 Å². The van der Waals surface area contributed by atoms with Gasteiger partial charge in [0.25, 0.3) is 0 Å². The smallest absolute Gasteiger partial charge is 0.351 e. The normalized spacial score (nSPS) is 12.7. The van der Waals surface area contributed by atoms with E-state index in [2.05, 4.69) is 9.68 Å². The zero-order valence-electron chi connectivity index (χ0n) is 12.3. The maximum atomic E-state index is 14.1. The molecule has 2 nitrogen and oxygen atoms in total. The Morgan fingerprint density at radius 3 is 2.21 bits per heavy atom. The lowest BCUT2D eigenvalue weighted by molar-refractivity contribution is -0.156. The number of aryl methyl sites for hydroxylation is 1. The lowest BCUT2D eigenvalue weighted by Crippen LogP contribution is -2.10. The summed E-state index contributed by atoms with van der Waals surface area (Å²) in [4.78, 5) is 0.0969. The fraction of sp³-hybridized carbons (Fsp3) is 0.357. The van der Waals surface area contributed by atoms with Crippen molar-refractivity contribution < 1.29 is 35.3 Å². The predicted octanol–water partition coefficient (Wildman–Crippen LogP) is 5.77. The van der Waals surface area contributed by atoms with Crippen LogP contribution in [0.15, 0.2) is 21.6 Å². The van der Waals surface area contributed by atoms with Crippen molar-refractivity contribution in [1.29, 1.82) is 0 Å². The van der Waals surface area contributed by atoms with Gasteiger partial charge in [-0.25, -0.2) is 4.39 Å². The molecule has 0 radical (unpaired) electrons. The van der Waals surface area contributed by atoms with E-state index in [1.165, 1.54) is 6.92 Å². The van der Waals surface area contributed by atoms with E-state index in [9.17, 15) is 30.7 Å². The summed E-state index contributed by atoms with van der Waals surface area (Å²) in [5.41, 5.74) is -0.935. The van der Waals surface area contributed by atoms with Gasteiger partial charge in [0.15, 0.2) is 0 Å². The second-order valence-corrected chi connectivity index (χ2v) is 6.00. The van der Waals surface area contributed by atoms with Crippen LogP contribution in [0.2, 0.25) is 0 Å². The van der Waals surface area contributed by atoms with Crippen LogP contribution in [0.4, 0.5) is 30.7 Å². The summed E-state index contributed by atoms with van der Waals surface area (Å²) < 4.78 is 93.4. The average molecular weight is 373 g/mol. The number of hydrogen-bond acceptors (Lipinski definition) is 3. The first-order valence-electron chi connectivity index (χ1n) is 6.43. The number of nitrogens with zero attached hydrogens (tertiary/aromatic N) is 1. The van der Waals surface area contributed by atoms with E-state index in [0.29, 0.717) is 11.8 Å². The maximum Gasteiger partial charge on any atom is 0.452 e. The second-order valence-electron chi connectivity index (χ2n) is 4.98. The minimum absolute atomic E-state index is 0.0969. The fourth-order valence-corrected chi connectivity index (χ4v) is 2.81. The van der Waals surface area contributed by atoms with Gasteiger partial charge in [0, 0.05) is 16.0 Å². The SMILES string of the molecule is Cc1cc(F)c(-c2noc(C(F)(F)F)c2C)cc1SCC(F)(F)F. The van der Waals surface area contributed by atoms with Gasteiger partial charge in [0.05, 0.1) is 5.75 Å². The van der Waals surface area contributed by atoms with E-state index in [1.54, 1.807) is 0 Å². The molecule has 0 aliphatic heterocycles. The van der Waals surface area contributed by atoms with E-state index in [-0.39, 0.29) is 16.0 Å². The molecule has 0 saturated heterocycles. The molecule has 1 aromatic heterocycles. The summed E-state index contributed by atoms with van der Waals surface area (Å²) in [5, 5.41) is 3.23. The van der Waals surface area contributed by atoms with Crippen LogP contribution >= 0.6 is 11.8 Å². The van der Waals surface area contributed by atoms with Crippen LogP contribution in [0.1, 0.15) is 16.9 Å². The molecule has 0 N–H and O–H groups in total. The molecule has 10 heteroatoms. The first-order chi connectivity index (χ1) is 10.9. The van der Waals surface area contributed by atoms with Gasteiger partial charge in [-0.2, -0.15) is 26.3 Å². The number of hydrogen-bond donors (Lipinski definition) is 0. The molecule has 132 valence electrons. The predicted molar refractivity (Wildman–Crippen MR) is 73.2 cm³/mol. The molecule has 1 aromatic carbocycles. The summed E-state index contributed by atoms with van der Waals surface area (Å²) in [6.45, 7) is 2.46. The summed E-state index contributed by atoms with van der Waals surface area (Å²) in [6.07, 6.45) is -9.23. The van der Waals surface area contributed by atoms with Gasteiger partial charge in [-0.3, -0.25) is 0 Å². The van der Waals surface area contributed by atoms with E-state index >= 15 is 0 Å². The van der Waals surface area contributed by atoms with E-state index in [1.807, 2.05) is 0 Å². The third-order valence-corrected chi connectivity index (χ3v) is 4.32. The first kappa shape index (κ1) is 18.6. The molecule has 0 amide bonds. The van der Waals surface area contributed by atoms with E-state index in [4.69, 9.17) is 0 Å². The Morgan fingerprint density at radius 2 is 1.71 bits per heavy atom. The van der Waals surface area contributed by atoms with Crippen molar-refractivity contribution in [1.82, 2.24) is 5.16 Å². The molecule has 2 aromatic rings. The summed E-state index contributed by atoms with van der Waals surface area (Å²) in [6, 6.07) is 2.00. The topological polar surface area (TPSA) is 26.0 Å². The molecule has 0 fully saturated rings. The Labute approximate surface area is 136 Å². The summed E-state index contributed by atoms with van der Waals surface area (Å²) >= 11 is 0.417. The molecule has 0 aliphatic rings. The van der Waals surface area contributed by atoms with Crippen LogP contribution < -0.4 is 0 Å². The Kier molecular flexibility index (Phi) is 4.89. The van der Waals surface area contributed by atoms with Gasteiger partial charge in [0.2, 0.25) is 5.76 Å². The van der Waals surface area contributed by atoms with Crippen LogP contribution in [0, 0.1) is 19.7 Å². The van der Waals surface area contributed by atoms with Crippen molar-refractivity contribution in [3.05, 3.63) is 34.8 Å². The van der Waals surface area contributed by atoms with Crippen molar-refractivity contribution in [3.63, 3.8) is 0 Å². The Morgan fingerprint density at radius 1 is 1.08 bits per heavy atom. The third-order valence-electron chi connectivity index (χ3n) is 3.09. The minimum atomic E-state index is -4.80. The molecular formula is C14H10F7NOS. The summed E-state index contributed by atoms with van der Waals surface area (Å²) in [5.74, 6) is -3.47. The molecule has 1 heterocycles. The van der Waals surface area contributed by atoms with E-state index in [0.717, 1.165) is 19.1 Å². The van der Waals surface area contributed by atoms with Gasteiger partial charge in [0.1, 0.15) is 11.5 Å². The molecule has 0 atom stereocenters. The molecular weight excluding hydrogens is 363 g/mol. The highest BCUT2D eigenvalue weighted by molar-refractivity contribution is 7.99. The Balaban J connectivity index is 2.46. The van der Waals surface area contributed by atoms with Gasteiger partial charge in [-0.1, -0.05) is 5.16 Å². The molecule has 24 heavy (non-hydrogen) atoms. The quantitative estimate of drug-likeness (QED) is 0.505. The standard InChI is InChI=1S/C14H10F7NOS/c1-6-3-9(15)8(4-10(6)24-5-13(16,17)18)11-7(2)12(23-22-11)14(19,20)21/h3-4H,5H2,1-2H3. The van der Waals surface area contributed by atoms with Gasteiger partial charge < -0.3 is 4.52 Å². The van der Waals surface area contributed by atoms with Crippen LogP contribution in [0.25, 0.3) is 11.3 Å². The maximum absolute atomic E-state index is 14.1. The van der Waals surface area contributed by atoms with Crippen LogP contribution in [-0.4, -0.2) is 17.1 Å². The first-order valence-corrected chi connectivity index (χ1v) is 7.42. The van der Waals surface area contributed by atoms with Crippen molar-refractivity contribution in [2.75, 3.05) is 5.75 Å². The van der Waals surface area contributed by atoms with Crippen molar-refractivity contribution in [3.8, 4) is 11.3 Å². The largest absolute Gasteiger partial charge is 0.452 e. The van der Waals surface area contributed by atoms with Crippen molar-refractivity contribution in [2.45, 2.75) is 31.1 Å². The Hall–Kier alpha value is -1.71. The zero-order chi connectivity index (χ0) is 18.3. The highest BCUT2D eigenvalue weighted by Crippen LogP contribution is 2.39. The van der Waals surface area contributed by atoms with Gasteiger partial charge in [-0.15, -0.1) is 11.8 Å². The lowest BCUT2D eigenvalue weighted by atomic mass is 10.0. The fourth-order valence-electron chi connectivity index (χ4n) is 2.00. The number of benzene rings is 1. The van der Waals surface area contributed by atoms with Crippen LogP contribution in [-0.2, 0) is 6.18 Å². The van der Waals surface area contributed by atoms with Crippen molar-refractivity contribution in [2.24, 2.45) is 0 Å². The lowest BCUT2D eigenvalue weighted by Gasteiger charge is -2.11. The summed E-state index contributed by atoms with van der Waals surface area (Å²) in [7, 11) is 0. The number of rotatable bonds is 3. The minimum Gasteiger partial charge on any atom is -0.351 e. The molecule has 0 spiro atoms. The van der Waals surface area contributed by atoms with E-state index < -0.39 is 40.9 Å². The zero-order valence-corrected chi connectivity index (χ0v) is 13.1. The average Bonchev–Trinajstić information content (AvgIpc) is 2.78. The Bertz CT molecular complexity index is 749. The molecule has 0 unspecified atom stereocenters. The molecule has 0 saturated carbocycles. The highest BCUT2D eigenvalue weighted by Gasteiger charge is 2.39. The van der Waals surface area contributed by atoms with Crippen LogP contribution in [0.3, 0.4) is 0 Å². The second kappa shape index (κ2) is 6.30. The number of halogens is 7. The molecule has 0 bridgehead atoms. The number of aromatic nitrogens is 1. The van der Waals surface area contributed by atoms with Gasteiger partial charge >= 0.3 is 12.4 Å². The highest BCUT2D eigenvalue weighted by atomic mass is 32.2. The number of alkyl halides is 6.